The first-order valence-corrected chi connectivity index (χ1v) is 9.02. The summed E-state index contributed by atoms with van der Waals surface area (Å²) in [5.41, 5.74) is 2.00. The molecule has 1 heterocycles. The molecule has 0 aliphatic carbocycles. The van der Waals surface area contributed by atoms with Crippen molar-refractivity contribution in [1.29, 1.82) is 0 Å². The highest BCUT2D eigenvalue weighted by Crippen LogP contribution is 2.25. The molecule has 2 aromatic rings. The lowest BCUT2D eigenvalue weighted by atomic mass is 10.1. The third-order valence-corrected chi connectivity index (χ3v) is 4.90. The van der Waals surface area contributed by atoms with Crippen molar-refractivity contribution >= 4 is 11.6 Å². The molecule has 0 unspecified atom stereocenters. The summed E-state index contributed by atoms with van der Waals surface area (Å²) in [7, 11) is 4.89. The van der Waals surface area contributed by atoms with Gasteiger partial charge in [-0.05, 0) is 42.5 Å². The second kappa shape index (κ2) is 8.66. The molecule has 0 saturated carbocycles. The van der Waals surface area contributed by atoms with Gasteiger partial charge in [0.1, 0.15) is 17.2 Å². The number of anilines is 1. The second-order valence-corrected chi connectivity index (χ2v) is 6.42. The molecule has 144 valence electrons. The Hall–Kier alpha value is -2.89. The van der Waals surface area contributed by atoms with Gasteiger partial charge in [-0.2, -0.15) is 0 Å². The van der Waals surface area contributed by atoms with Crippen molar-refractivity contribution in [2.45, 2.75) is 6.42 Å². The molecule has 0 radical (unpaired) electrons. The van der Waals surface area contributed by atoms with E-state index in [1.54, 1.807) is 21.3 Å². The zero-order chi connectivity index (χ0) is 19.2. The largest absolute Gasteiger partial charge is 0.497 e. The third kappa shape index (κ3) is 4.45. The van der Waals surface area contributed by atoms with E-state index in [-0.39, 0.29) is 5.91 Å². The van der Waals surface area contributed by atoms with Crippen LogP contribution < -0.4 is 19.1 Å². The van der Waals surface area contributed by atoms with Gasteiger partial charge in [0, 0.05) is 37.4 Å². The number of hydrogen-bond donors (Lipinski definition) is 0. The number of nitrogens with zero attached hydrogens (tertiary/aromatic N) is 2. The van der Waals surface area contributed by atoms with E-state index in [4.69, 9.17) is 14.2 Å². The van der Waals surface area contributed by atoms with Crippen molar-refractivity contribution in [2.24, 2.45) is 0 Å². The summed E-state index contributed by atoms with van der Waals surface area (Å²) in [4.78, 5) is 17.0. The highest BCUT2D eigenvalue weighted by atomic mass is 16.5. The Bertz CT molecular complexity index is 768. The standard InChI is InChI=1S/C21H26N2O4/c1-25-18-6-4-17(5-7-18)22-10-12-23(13-11-22)21(24)15-16-14-19(26-2)8-9-20(16)27-3/h4-9,14H,10-13,15H2,1-3H3. The Kier molecular flexibility index (Phi) is 6.06. The van der Waals surface area contributed by atoms with Gasteiger partial charge in [0.15, 0.2) is 0 Å². The maximum absolute atomic E-state index is 12.8. The molecule has 1 saturated heterocycles. The summed E-state index contributed by atoms with van der Waals surface area (Å²) in [6.07, 6.45) is 0.308. The maximum atomic E-state index is 12.8. The maximum Gasteiger partial charge on any atom is 0.227 e. The summed E-state index contributed by atoms with van der Waals surface area (Å²) in [5.74, 6) is 2.39. The van der Waals surface area contributed by atoms with Crippen LogP contribution >= 0.6 is 0 Å². The molecule has 0 bridgehead atoms. The van der Waals surface area contributed by atoms with Crippen molar-refractivity contribution in [3.05, 3.63) is 48.0 Å². The molecule has 0 spiro atoms. The molecule has 6 heteroatoms. The number of benzene rings is 2. The smallest absolute Gasteiger partial charge is 0.227 e. The highest BCUT2D eigenvalue weighted by molar-refractivity contribution is 5.80. The number of methoxy groups -OCH3 is 3. The van der Waals surface area contributed by atoms with Crippen LogP contribution in [0.5, 0.6) is 17.2 Å². The van der Waals surface area contributed by atoms with Crippen LogP contribution in [-0.4, -0.2) is 58.3 Å². The normalized spacial score (nSPS) is 14.0. The fraction of sp³-hybridized carbons (Fsp3) is 0.381. The van der Waals surface area contributed by atoms with E-state index in [1.165, 1.54) is 0 Å². The molecule has 1 aliphatic heterocycles. The predicted octanol–water partition coefficient (Wildman–Crippen LogP) is 2.60. The summed E-state index contributed by atoms with van der Waals surface area (Å²) in [6.45, 7) is 3.04. The zero-order valence-electron chi connectivity index (χ0n) is 16.1. The summed E-state index contributed by atoms with van der Waals surface area (Å²) < 4.78 is 15.9. The predicted molar refractivity (Wildman–Crippen MR) is 105 cm³/mol. The molecule has 1 amide bonds. The Morgan fingerprint density at radius 3 is 2.07 bits per heavy atom. The molecule has 0 aromatic heterocycles. The molecule has 6 nitrogen and oxygen atoms in total. The first kappa shape index (κ1) is 18.9. The van der Waals surface area contributed by atoms with Gasteiger partial charge in [0.2, 0.25) is 5.91 Å². The minimum atomic E-state index is 0.107. The van der Waals surface area contributed by atoms with Crippen molar-refractivity contribution in [3.8, 4) is 17.2 Å². The first-order valence-electron chi connectivity index (χ1n) is 9.02. The topological polar surface area (TPSA) is 51.2 Å². The van der Waals surface area contributed by atoms with Crippen LogP contribution in [0.4, 0.5) is 5.69 Å². The zero-order valence-corrected chi connectivity index (χ0v) is 16.1. The lowest BCUT2D eigenvalue weighted by Gasteiger charge is -2.36. The van der Waals surface area contributed by atoms with E-state index >= 15 is 0 Å². The molecular formula is C21H26N2O4. The average molecular weight is 370 g/mol. The lowest BCUT2D eigenvalue weighted by molar-refractivity contribution is -0.130. The molecule has 0 N–H and O–H groups in total. The van der Waals surface area contributed by atoms with Crippen molar-refractivity contribution in [3.63, 3.8) is 0 Å². The molecular weight excluding hydrogens is 344 g/mol. The van der Waals surface area contributed by atoms with Crippen molar-refractivity contribution < 1.29 is 19.0 Å². The molecule has 1 fully saturated rings. The first-order chi connectivity index (χ1) is 13.1. The van der Waals surface area contributed by atoms with Crippen LogP contribution in [0.1, 0.15) is 5.56 Å². The molecule has 0 atom stereocenters. The quantitative estimate of drug-likeness (QED) is 0.782. The Balaban J connectivity index is 1.60. The van der Waals surface area contributed by atoms with Crippen molar-refractivity contribution in [2.75, 3.05) is 52.4 Å². The van der Waals surface area contributed by atoms with Crippen LogP contribution in [0.25, 0.3) is 0 Å². The van der Waals surface area contributed by atoms with Gasteiger partial charge in [0.25, 0.3) is 0 Å². The van der Waals surface area contributed by atoms with Gasteiger partial charge in [-0.15, -0.1) is 0 Å². The fourth-order valence-electron chi connectivity index (χ4n) is 3.30. The number of amides is 1. The van der Waals surface area contributed by atoms with Crippen LogP contribution in [-0.2, 0) is 11.2 Å². The van der Waals surface area contributed by atoms with Gasteiger partial charge >= 0.3 is 0 Å². The summed E-state index contributed by atoms with van der Waals surface area (Å²) in [6, 6.07) is 13.6. The SMILES string of the molecule is COc1ccc(N2CCN(C(=O)Cc3cc(OC)ccc3OC)CC2)cc1. The van der Waals surface area contributed by atoms with E-state index in [0.717, 1.165) is 35.8 Å². The molecule has 3 rings (SSSR count). The van der Waals surface area contributed by atoms with Crippen LogP contribution in [0.15, 0.2) is 42.5 Å². The molecule has 2 aromatic carbocycles. The number of piperazine rings is 1. The van der Waals surface area contributed by atoms with Crippen LogP contribution in [0.3, 0.4) is 0 Å². The van der Waals surface area contributed by atoms with Gasteiger partial charge in [0.05, 0.1) is 27.8 Å². The Morgan fingerprint density at radius 2 is 1.48 bits per heavy atom. The van der Waals surface area contributed by atoms with Gasteiger partial charge < -0.3 is 24.0 Å². The Morgan fingerprint density at radius 1 is 0.852 bits per heavy atom. The van der Waals surface area contributed by atoms with Gasteiger partial charge in [-0.3, -0.25) is 4.79 Å². The minimum Gasteiger partial charge on any atom is -0.497 e. The molecule has 1 aliphatic rings. The lowest BCUT2D eigenvalue weighted by Crippen LogP contribution is -2.49. The van der Waals surface area contributed by atoms with E-state index in [1.807, 2.05) is 35.2 Å². The summed E-state index contributed by atoms with van der Waals surface area (Å²) >= 11 is 0. The molecule has 27 heavy (non-hydrogen) atoms. The third-order valence-electron chi connectivity index (χ3n) is 4.90. The fourth-order valence-corrected chi connectivity index (χ4v) is 3.30. The van der Waals surface area contributed by atoms with Crippen LogP contribution in [0.2, 0.25) is 0 Å². The summed E-state index contributed by atoms with van der Waals surface area (Å²) in [5, 5.41) is 0. The highest BCUT2D eigenvalue weighted by Gasteiger charge is 2.22. The number of hydrogen-bond acceptors (Lipinski definition) is 5. The van der Waals surface area contributed by atoms with Gasteiger partial charge in [-0.1, -0.05) is 0 Å². The average Bonchev–Trinajstić information content (AvgIpc) is 2.73. The van der Waals surface area contributed by atoms with E-state index in [0.29, 0.717) is 25.3 Å². The van der Waals surface area contributed by atoms with Crippen LogP contribution in [0, 0.1) is 0 Å². The van der Waals surface area contributed by atoms with E-state index in [9.17, 15) is 4.79 Å². The number of ether oxygens (including phenoxy) is 3. The van der Waals surface area contributed by atoms with E-state index in [2.05, 4.69) is 17.0 Å². The minimum absolute atomic E-state index is 0.107. The second-order valence-electron chi connectivity index (χ2n) is 6.42. The number of rotatable bonds is 6. The number of carbonyl (C=O) groups excluding carboxylic acids is 1. The monoisotopic (exact) mass is 370 g/mol. The van der Waals surface area contributed by atoms with Crippen molar-refractivity contribution in [1.82, 2.24) is 4.90 Å². The Labute approximate surface area is 160 Å². The van der Waals surface area contributed by atoms with E-state index < -0.39 is 0 Å². The van der Waals surface area contributed by atoms with Gasteiger partial charge in [-0.25, -0.2) is 0 Å². The number of carbonyl (C=O) groups is 1.